The highest BCUT2D eigenvalue weighted by Gasteiger charge is 2.11. The highest BCUT2D eigenvalue weighted by atomic mass is 35.5. The van der Waals surface area contributed by atoms with Crippen LogP contribution in [0.4, 0.5) is 10.2 Å². The smallest absolute Gasteiger partial charge is 0.164 e. The largest absolute Gasteiger partial charge is 0.383 e. The number of nitrogens with two attached hydrogens (primary N) is 1. The first-order valence-corrected chi connectivity index (χ1v) is 10.5. The average Bonchev–Trinajstić information content (AvgIpc) is 2.36. The molecule has 0 amide bonds. The van der Waals surface area contributed by atoms with E-state index >= 15 is 0 Å². The Morgan fingerprint density at radius 1 is 1.29 bits per heavy atom. The van der Waals surface area contributed by atoms with Crippen LogP contribution in [0.2, 0.25) is 24.7 Å². The molecule has 0 fully saturated rings. The molecular weight excluding hydrogens is 305 g/mol. The van der Waals surface area contributed by atoms with E-state index < -0.39 is 13.9 Å². The fraction of sp³-hybridized carbons (Fsp3) is 0.200. The van der Waals surface area contributed by atoms with E-state index in [2.05, 4.69) is 35.3 Å². The summed E-state index contributed by atoms with van der Waals surface area (Å²) in [5, 5.41) is 0.332. The van der Waals surface area contributed by atoms with E-state index in [0.717, 1.165) is 5.56 Å². The maximum absolute atomic E-state index is 13.9. The zero-order valence-electron chi connectivity index (χ0n) is 12.2. The molecule has 1 aromatic carbocycles. The Morgan fingerprint density at radius 3 is 2.57 bits per heavy atom. The number of rotatable bonds is 3. The summed E-state index contributed by atoms with van der Waals surface area (Å²) >= 11 is 5.73. The molecule has 0 saturated heterocycles. The van der Waals surface area contributed by atoms with Gasteiger partial charge in [0.15, 0.2) is 5.82 Å². The minimum Gasteiger partial charge on any atom is -0.383 e. The first kappa shape index (κ1) is 15.7. The molecule has 0 radical (unpaired) electrons. The second-order valence-electron chi connectivity index (χ2n) is 5.86. The molecule has 1 heterocycles. The molecule has 0 aliphatic carbocycles. The van der Waals surface area contributed by atoms with Crippen molar-refractivity contribution in [2.45, 2.75) is 19.6 Å². The van der Waals surface area contributed by atoms with Crippen LogP contribution >= 0.6 is 11.6 Å². The van der Waals surface area contributed by atoms with E-state index in [0.29, 0.717) is 10.8 Å². The number of anilines is 1. The molecule has 1 aromatic heterocycles. The van der Waals surface area contributed by atoms with Crippen molar-refractivity contribution in [3.63, 3.8) is 0 Å². The summed E-state index contributed by atoms with van der Waals surface area (Å²) in [5.41, 5.74) is 9.12. The van der Waals surface area contributed by atoms with Gasteiger partial charge < -0.3 is 5.73 Å². The van der Waals surface area contributed by atoms with Crippen LogP contribution < -0.4 is 5.73 Å². The van der Waals surface area contributed by atoms with Crippen LogP contribution in [0.3, 0.4) is 0 Å². The lowest BCUT2D eigenvalue weighted by atomic mass is 10.2. The van der Waals surface area contributed by atoms with Gasteiger partial charge in [-0.1, -0.05) is 43.0 Å². The molecular formula is C15H17ClFN3Si. The van der Waals surface area contributed by atoms with Crippen LogP contribution in [-0.2, 0) is 0 Å². The molecule has 3 nitrogen and oxygen atoms in total. The number of aromatic nitrogens is 2. The van der Waals surface area contributed by atoms with Crippen LogP contribution in [-0.4, -0.2) is 18.0 Å². The first-order chi connectivity index (χ1) is 9.76. The van der Waals surface area contributed by atoms with E-state index in [4.69, 9.17) is 17.3 Å². The molecule has 0 saturated carbocycles. The zero-order chi connectivity index (χ0) is 15.6. The minimum atomic E-state index is -1.32. The van der Waals surface area contributed by atoms with Crippen molar-refractivity contribution in [1.82, 2.24) is 9.97 Å². The Hall–Kier alpha value is -1.72. The van der Waals surface area contributed by atoms with E-state index in [1.54, 1.807) is 18.3 Å². The van der Waals surface area contributed by atoms with Gasteiger partial charge in [-0.3, -0.25) is 0 Å². The monoisotopic (exact) mass is 321 g/mol. The van der Waals surface area contributed by atoms with Crippen LogP contribution in [0.15, 0.2) is 30.1 Å². The van der Waals surface area contributed by atoms with Gasteiger partial charge >= 0.3 is 0 Å². The Balaban J connectivity index is 2.37. The van der Waals surface area contributed by atoms with Gasteiger partial charge in [-0.15, -0.1) is 0 Å². The Labute approximate surface area is 129 Å². The van der Waals surface area contributed by atoms with Gasteiger partial charge in [-0.25, -0.2) is 14.4 Å². The van der Waals surface area contributed by atoms with Crippen LogP contribution in [0, 0.1) is 5.82 Å². The Kier molecular flexibility index (Phi) is 4.44. The molecule has 0 spiro atoms. The lowest BCUT2D eigenvalue weighted by Gasteiger charge is -2.09. The molecule has 6 heteroatoms. The molecule has 0 atom stereocenters. The van der Waals surface area contributed by atoms with E-state index in [-0.39, 0.29) is 11.4 Å². The van der Waals surface area contributed by atoms with Gasteiger partial charge in [-0.05, 0) is 18.2 Å². The van der Waals surface area contributed by atoms with Gasteiger partial charge in [0.2, 0.25) is 0 Å². The molecule has 0 bridgehead atoms. The molecule has 0 aliphatic heterocycles. The van der Waals surface area contributed by atoms with E-state index in [9.17, 15) is 4.39 Å². The van der Waals surface area contributed by atoms with Gasteiger partial charge in [0, 0.05) is 16.8 Å². The summed E-state index contributed by atoms with van der Waals surface area (Å²) in [6.45, 7) is 6.66. The van der Waals surface area contributed by atoms with Gasteiger partial charge in [0.25, 0.3) is 0 Å². The highest BCUT2D eigenvalue weighted by Crippen LogP contribution is 2.24. The number of hydrogen-bond donors (Lipinski definition) is 1. The van der Waals surface area contributed by atoms with Crippen molar-refractivity contribution in [2.75, 3.05) is 5.73 Å². The Bertz CT molecular complexity index is 696. The van der Waals surface area contributed by atoms with Crippen LogP contribution in [0.25, 0.3) is 17.5 Å². The quantitative estimate of drug-likeness (QED) is 0.852. The highest BCUT2D eigenvalue weighted by molar-refractivity contribution is 6.81. The molecule has 21 heavy (non-hydrogen) atoms. The van der Waals surface area contributed by atoms with Crippen molar-refractivity contribution >= 4 is 31.6 Å². The summed E-state index contributed by atoms with van der Waals surface area (Å²) in [4.78, 5) is 8.37. The summed E-state index contributed by atoms with van der Waals surface area (Å²) < 4.78 is 13.9. The number of nitrogens with zero attached hydrogens (tertiary/aromatic N) is 2. The van der Waals surface area contributed by atoms with E-state index in [1.165, 1.54) is 6.07 Å². The van der Waals surface area contributed by atoms with Crippen LogP contribution in [0.1, 0.15) is 5.56 Å². The van der Waals surface area contributed by atoms with Crippen molar-refractivity contribution in [2.24, 2.45) is 0 Å². The van der Waals surface area contributed by atoms with Gasteiger partial charge in [0.05, 0.1) is 13.6 Å². The lowest BCUT2D eigenvalue weighted by Crippen LogP contribution is -2.15. The lowest BCUT2D eigenvalue weighted by molar-refractivity contribution is 0.630. The minimum absolute atomic E-state index is 0.256. The molecule has 0 aliphatic rings. The third-order valence-corrected chi connectivity index (χ3v) is 4.18. The molecule has 2 N–H and O–H groups in total. The fourth-order valence-electron chi connectivity index (χ4n) is 1.67. The second-order valence-corrected chi connectivity index (χ2v) is 11.4. The molecule has 2 rings (SSSR count). The SMILES string of the molecule is C[Si](C)(C)/C=C/c1cnc(-c2ccc(Cl)cc2F)nc1N. The zero-order valence-corrected chi connectivity index (χ0v) is 13.9. The number of nitrogen functional groups attached to an aromatic ring is 1. The summed E-state index contributed by atoms with van der Waals surface area (Å²) in [6, 6.07) is 4.37. The first-order valence-electron chi connectivity index (χ1n) is 6.53. The van der Waals surface area contributed by atoms with E-state index in [1.807, 2.05) is 6.08 Å². The number of hydrogen-bond acceptors (Lipinski definition) is 3. The summed E-state index contributed by atoms with van der Waals surface area (Å²) in [6.07, 6.45) is 3.55. The summed E-state index contributed by atoms with van der Waals surface area (Å²) in [7, 11) is -1.32. The van der Waals surface area contributed by atoms with Crippen molar-refractivity contribution < 1.29 is 4.39 Å². The van der Waals surface area contributed by atoms with Crippen molar-refractivity contribution in [1.29, 1.82) is 0 Å². The molecule has 2 aromatic rings. The predicted octanol–water partition coefficient (Wildman–Crippen LogP) is 4.41. The maximum Gasteiger partial charge on any atom is 0.164 e. The fourth-order valence-corrected chi connectivity index (χ4v) is 2.51. The molecule has 110 valence electrons. The third-order valence-electron chi connectivity index (χ3n) is 2.78. The van der Waals surface area contributed by atoms with Gasteiger partial charge in [-0.2, -0.15) is 0 Å². The van der Waals surface area contributed by atoms with Crippen molar-refractivity contribution in [3.8, 4) is 11.4 Å². The van der Waals surface area contributed by atoms with Crippen LogP contribution in [0.5, 0.6) is 0 Å². The standard InChI is InChI=1S/C15H17ClFN3Si/c1-21(2,3)7-6-10-9-19-15(20-14(10)18)12-5-4-11(16)8-13(12)17/h4-9H,1-3H3,(H2,18,19,20)/b7-6+. The predicted molar refractivity (Wildman–Crippen MR) is 89.2 cm³/mol. The average molecular weight is 322 g/mol. The Morgan fingerprint density at radius 2 is 2.00 bits per heavy atom. The summed E-state index contributed by atoms with van der Waals surface area (Å²) in [5.74, 6) is 0.128. The number of halogens is 2. The maximum atomic E-state index is 13.9. The number of benzene rings is 1. The third kappa shape index (κ3) is 4.12. The topological polar surface area (TPSA) is 51.8 Å². The second kappa shape index (κ2) is 5.95. The van der Waals surface area contributed by atoms with Gasteiger partial charge in [0.1, 0.15) is 11.6 Å². The molecule has 0 unspecified atom stereocenters. The normalized spacial score (nSPS) is 12.0. The van der Waals surface area contributed by atoms with Crippen molar-refractivity contribution in [3.05, 3.63) is 46.5 Å².